The summed E-state index contributed by atoms with van der Waals surface area (Å²) in [5.74, 6) is -0.0744. The maximum atomic E-state index is 13.3. The maximum absolute atomic E-state index is 13.3. The molecule has 0 unspecified atom stereocenters. The number of pyridine rings is 1. The highest BCUT2D eigenvalue weighted by molar-refractivity contribution is 6.32. The molecule has 1 N–H and O–H groups in total. The van der Waals surface area contributed by atoms with Gasteiger partial charge in [0.25, 0.3) is 5.91 Å². The predicted octanol–water partition coefficient (Wildman–Crippen LogP) is 4.80. The van der Waals surface area contributed by atoms with E-state index in [-0.39, 0.29) is 5.91 Å². The van der Waals surface area contributed by atoms with E-state index < -0.39 is 0 Å². The summed E-state index contributed by atoms with van der Waals surface area (Å²) >= 11 is 0. The van der Waals surface area contributed by atoms with Crippen LogP contribution >= 0.6 is 0 Å². The van der Waals surface area contributed by atoms with Gasteiger partial charge in [-0.1, -0.05) is 42.5 Å². The van der Waals surface area contributed by atoms with E-state index in [0.29, 0.717) is 12.1 Å². The van der Waals surface area contributed by atoms with Crippen molar-refractivity contribution in [3.05, 3.63) is 96.2 Å². The number of nitrogens with zero attached hydrogens (tertiary/aromatic N) is 5. The van der Waals surface area contributed by atoms with Crippen molar-refractivity contribution >= 4 is 34.0 Å². The highest BCUT2D eigenvalue weighted by Gasteiger charge is 2.30. The molecule has 0 atom stereocenters. The van der Waals surface area contributed by atoms with Gasteiger partial charge in [0, 0.05) is 53.8 Å². The first-order chi connectivity index (χ1) is 18.1. The van der Waals surface area contributed by atoms with Gasteiger partial charge in [0.2, 0.25) is 0 Å². The van der Waals surface area contributed by atoms with Crippen molar-refractivity contribution in [1.82, 2.24) is 29.5 Å². The summed E-state index contributed by atoms with van der Waals surface area (Å²) in [6, 6.07) is 12.1. The summed E-state index contributed by atoms with van der Waals surface area (Å²) in [5.41, 5.74) is 6.32. The fraction of sp³-hybridized carbons (Fsp3) is 0.233. The van der Waals surface area contributed by atoms with Crippen LogP contribution in [-0.4, -0.2) is 57.3 Å². The number of fused-ring (bicyclic) bond motifs is 1. The normalized spacial score (nSPS) is 14.2. The highest BCUT2D eigenvalue weighted by atomic mass is 16.1. The summed E-state index contributed by atoms with van der Waals surface area (Å²) in [7, 11) is 4.16. The predicted molar refractivity (Wildman–Crippen MR) is 150 cm³/mol. The molecule has 0 saturated heterocycles. The molecule has 7 heteroatoms. The molecule has 4 aromatic rings. The fourth-order valence-electron chi connectivity index (χ4n) is 4.79. The number of benzene rings is 1. The lowest BCUT2D eigenvalue weighted by molar-refractivity contribution is -0.114. The minimum atomic E-state index is -0.0744. The average molecular weight is 493 g/mol. The van der Waals surface area contributed by atoms with Crippen LogP contribution in [0.1, 0.15) is 30.2 Å². The Morgan fingerprint density at radius 1 is 1.11 bits per heavy atom. The molecule has 1 aromatic carbocycles. The van der Waals surface area contributed by atoms with Crippen molar-refractivity contribution in [2.24, 2.45) is 0 Å². The summed E-state index contributed by atoms with van der Waals surface area (Å²) in [4.78, 5) is 19.8. The van der Waals surface area contributed by atoms with E-state index in [1.807, 2.05) is 66.5 Å². The highest BCUT2D eigenvalue weighted by Crippen LogP contribution is 2.37. The van der Waals surface area contributed by atoms with Crippen molar-refractivity contribution in [2.75, 3.05) is 27.2 Å². The summed E-state index contributed by atoms with van der Waals surface area (Å²) < 4.78 is 4.10. The minimum Gasteiger partial charge on any atom is -0.348 e. The number of carbonyl (C=O) groups is 1. The molecular weight excluding hydrogens is 460 g/mol. The molecule has 7 nitrogen and oxygen atoms in total. The first-order valence-electron chi connectivity index (χ1n) is 12.6. The average Bonchev–Trinajstić information content (AvgIpc) is 3.59. The Morgan fingerprint density at radius 3 is 2.76 bits per heavy atom. The first-order valence-corrected chi connectivity index (χ1v) is 12.6. The number of aryl methyl sites for hydroxylation is 1. The Kier molecular flexibility index (Phi) is 7.14. The van der Waals surface area contributed by atoms with E-state index in [4.69, 9.17) is 5.10 Å². The van der Waals surface area contributed by atoms with Gasteiger partial charge in [0.1, 0.15) is 0 Å². The summed E-state index contributed by atoms with van der Waals surface area (Å²) in [5, 5.41) is 9.06. The van der Waals surface area contributed by atoms with Gasteiger partial charge in [0.15, 0.2) is 0 Å². The third-order valence-electron chi connectivity index (χ3n) is 6.51. The molecule has 1 amide bonds. The Morgan fingerprint density at radius 2 is 1.97 bits per heavy atom. The van der Waals surface area contributed by atoms with Gasteiger partial charge in [-0.3, -0.25) is 14.5 Å². The molecule has 0 spiro atoms. The van der Waals surface area contributed by atoms with Crippen molar-refractivity contribution in [1.29, 1.82) is 0 Å². The molecule has 0 aliphatic carbocycles. The Balaban J connectivity index is 1.65. The lowest BCUT2D eigenvalue weighted by atomic mass is 9.97. The SMILES string of the molecule is C/C=C\C=C/c1cn(CCCN(C)C)nc1C1=C(c2cn(-c3cccnc3)c3ccccc23)C(=O)NC1. The van der Waals surface area contributed by atoms with Gasteiger partial charge in [0.05, 0.1) is 28.7 Å². The van der Waals surface area contributed by atoms with Crippen LogP contribution in [0.25, 0.3) is 33.8 Å². The second kappa shape index (κ2) is 10.8. The zero-order valence-corrected chi connectivity index (χ0v) is 21.6. The van der Waals surface area contributed by atoms with Crippen LogP contribution in [0, 0.1) is 0 Å². The van der Waals surface area contributed by atoms with Gasteiger partial charge >= 0.3 is 0 Å². The van der Waals surface area contributed by atoms with Crippen molar-refractivity contribution in [3.8, 4) is 5.69 Å². The third kappa shape index (κ3) is 5.04. The number of hydrogen-bond donors (Lipinski definition) is 1. The largest absolute Gasteiger partial charge is 0.348 e. The number of aromatic nitrogens is 4. The molecule has 4 heterocycles. The molecule has 5 rings (SSSR count). The van der Waals surface area contributed by atoms with E-state index in [1.165, 1.54) is 0 Å². The Labute approximate surface area is 217 Å². The molecule has 188 valence electrons. The molecule has 0 bridgehead atoms. The zero-order valence-electron chi connectivity index (χ0n) is 21.6. The van der Waals surface area contributed by atoms with E-state index in [2.05, 4.69) is 58.3 Å². The van der Waals surface area contributed by atoms with Gasteiger partial charge in [-0.25, -0.2) is 0 Å². The van der Waals surface area contributed by atoms with Crippen LogP contribution in [0.4, 0.5) is 0 Å². The van der Waals surface area contributed by atoms with Gasteiger partial charge in [-0.2, -0.15) is 5.10 Å². The van der Waals surface area contributed by atoms with Crippen LogP contribution in [0.3, 0.4) is 0 Å². The van der Waals surface area contributed by atoms with E-state index in [9.17, 15) is 4.79 Å². The second-order valence-corrected chi connectivity index (χ2v) is 9.42. The monoisotopic (exact) mass is 492 g/mol. The lowest BCUT2D eigenvalue weighted by Gasteiger charge is -2.08. The third-order valence-corrected chi connectivity index (χ3v) is 6.51. The second-order valence-electron chi connectivity index (χ2n) is 9.42. The Bertz CT molecular complexity index is 1500. The molecular formula is C30H32N6O. The smallest absolute Gasteiger partial charge is 0.252 e. The maximum Gasteiger partial charge on any atom is 0.252 e. The molecule has 0 saturated carbocycles. The fourth-order valence-corrected chi connectivity index (χ4v) is 4.79. The van der Waals surface area contributed by atoms with E-state index in [0.717, 1.165) is 58.5 Å². The van der Waals surface area contributed by atoms with Gasteiger partial charge in [-0.15, -0.1) is 0 Å². The van der Waals surface area contributed by atoms with Crippen LogP contribution in [0.15, 0.2) is 79.4 Å². The first kappa shape index (κ1) is 24.5. The number of para-hydroxylation sites is 1. The molecule has 1 aliphatic heterocycles. The topological polar surface area (TPSA) is 68.0 Å². The number of carbonyl (C=O) groups excluding carboxylic acids is 1. The van der Waals surface area contributed by atoms with Gasteiger partial charge in [-0.05, 0) is 52.2 Å². The number of amides is 1. The van der Waals surface area contributed by atoms with E-state index in [1.54, 1.807) is 6.20 Å². The Hall–Kier alpha value is -4.23. The van der Waals surface area contributed by atoms with Crippen molar-refractivity contribution in [3.63, 3.8) is 0 Å². The van der Waals surface area contributed by atoms with Crippen molar-refractivity contribution in [2.45, 2.75) is 19.9 Å². The standard InChI is InChI=1S/C30H32N6O/c1-4-5-6-11-22-20-35(17-10-16-34(2)3)33-29(22)25-19-32-30(37)28(25)26-21-36(23-12-9-15-31-18-23)27-14-8-7-13-24(26)27/h4-9,11-15,18,20-21H,10,16-17,19H2,1-3H3,(H,32,37)/b5-4-,11-6-. The van der Waals surface area contributed by atoms with Crippen LogP contribution in [0.5, 0.6) is 0 Å². The van der Waals surface area contributed by atoms with E-state index >= 15 is 0 Å². The number of nitrogens with one attached hydrogen (secondary N) is 1. The quantitative estimate of drug-likeness (QED) is 0.341. The van der Waals surface area contributed by atoms with Gasteiger partial charge < -0.3 is 14.8 Å². The zero-order chi connectivity index (χ0) is 25.8. The molecule has 0 fully saturated rings. The number of rotatable bonds is 9. The molecule has 37 heavy (non-hydrogen) atoms. The van der Waals surface area contributed by atoms with Crippen LogP contribution in [0.2, 0.25) is 0 Å². The van der Waals surface area contributed by atoms with Crippen LogP contribution in [-0.2, 0) is 11.3 Å². The minimum absolute atomic E-state index is 0.0744. The molecule has 3 aromatic heterocycles. The molecule has 0 radical (unpaired) electrons. The van der Waals surface area contributed by atoms with Crippen LogP contribution < -0.4 is 5.32 Å². The summed E-state index contributed by atoms with van der Waals surface area (Å²) in [6.45, 7) is 4.24. The lowest BCUT2D eigenvalue weighted by Crippen LogP contribution is -2.17. The number of allylic oxidation sites excluding steroid dienone is 3. The summed E-state index contributed by atoms with van der Waals surface area (Å²) in [6.07, 6.45) is 16.8. The molecule has 1 aliphatic rings. The number of hydrogen-bond acceptors (Lipinski definition) is 4. The van der Waals surface area contributed by atoms with Crippen molar-refractivity contribution < 1.29 is 4.79 Å².